The van der Waals surface area contributed by atoms with Crippen LogP contribution in [0.3, 0.4) is 0 Å². The maximum Gasteiger partial charge on any atom is 0.412 e. The number of hydrogen-bond donors (Lipinski definition) is 2. The molecule has 0 heterocycles. The first-order chi connectivity index (χ1) is 7.58. The summed E-state index contributed by atoms with van der Waals surface area (Å²) < 4.78 is 5.03. The summed E-state index contributed by atoms with van der Waals surface area (Å²) in [4.78, 5) is 11.4. The van der Waals surface area contributed by atoms with Crippen LogP contribution in [0.25, 0.3) is 0 Å². The first-order valence-electron chi connectivity index (χ1n) is 5.29. The Morgan fingerprint density at radius 2 is 2.00 bits per heavy atom. The van der Waals surface area contributed by atoms with Gasteiger partial charge in [-0.05, 0) is 32.4 Å². The predicted molar refractivity (Wildman–Crippen MR) is 61.4 cm³/mol. The van der Waals surface area contributed by atoms with Crippen LogP contribution in [-0.4, -0.2) is 23.3 Å². The number of para-hydroxylation sites is 1. The Hall–Kier alpha value is -1.55. The summed E-state index contributed by atoms with van der Waals surface area (Å²) in [6, 6.07) is 8.73. The molecule has 2 unspecified atom stereocenters. The molecule has 1 amide bonds. The standard InChI is InChI=1S/C12H17NO3/c1-9(8-10(2)14)13-12(15)16-11-6-4-3-5-7-11/h3-7,9-10,14H,8H2,1-2H3,(H,13,15). The summed E-state index contributed by atoms with van der Waals surface area (Å²) >= 11 is 0. The van der Waals surface area contributed by atoms with Gasteiger partial charge in [0, 0.05) is 6.04 Å². The fourth-order valence-corrected chi connectivity index (χ4v) is 1.40. The minimum absolute atomic E-state index is 0.115. The SMILES string of the molecule is CC(O)CC(C)NC(=O)Oc1ccccc1. The van der Waals surface area contributed by atoms with Crippen molar-refractivity contribution in [3.63, 3.8) is 0 Å². The summed E-state index contributed by atoms with van der Waals surface area (Å²) in [6.07, 6.45) is -0.435. The molecule has 4 heteroatoms. The summed E-state index contributed by atoms with van der Waals surface area (Å²) in [5.41, 5.74) is 0. The molecule has 0 aromatic heterocycles. The van der Waals surface area contributed by atoms with Crippen molar-refractivity contribution < 1.29 is 14.6 Å². The smallest absolute Gasteiger partial charge is 0.410 e. The van der Waals surface area contributed by atoms with E-state index >= 15 is 0 Å². The van der Waals surface area contributed by atoms with Gasteiger partial charge in [0.25, 0.3) is 0 Å². The Kier molecular flexibility index (Phi) is 4.79. The lowest BCUT2D eigenvalue weighted by Gasteiger charge is -2.15. The van der Waals surface area contributed by atoms with E-state index in [1.165, 1.54) is 0 Å². The molecule has 16 heavy (non-hydrogen) atoms. The minimum atomic E-state index is -0.501. The second kappa shape index (κ2) is 6.12. The number of aliphatic hydroxyl groups is 1. The molecule has 0 spiro atoms. The topological polar surface area (TPSA) is 58.6 Å². The van der Waals surface area contributed by atoms with E-state index in [0.717, 1.165) is 0 Å². The molecule has 2 atom stereocenters. The molecule has 0 saturated carbocycles. The van der Waals surface area contributed by atoms with Crippen LogP contribution in [0.2, 0.25) is 0 Å². The fourth-order valence-electron chi connectivity index (χ4n) is 1.40. The molecular formula is C12H17NO3. The van der Waals surface area contributed by atoms with Crippen molar-refractivity contribution >= 4 is 6.09 Å². The zero-order valence-corrected chi connectivity index (χ0v) is 9.51. The van der Waals surface area contributed by atoms with Crippen molar-refractivity contribution in [1.82, 2.24) is 5.32 Å². The molecule has 0 bridgehead atoms. The fraction of sp³-hybridized carbons (Fsp3) is 0.417. The van der Waals surface area contributed by atoms with Gasteiger partial charge in [-0.15, -0.1) is 0 Å². The number of benzene rings is 1. The Balaban J connectivity index is 2.36. The molecule has 1 aromatic carbocycles. The molecule has 0 radical (unpaired) electrons. The van der Waals surface area contributed by atoms with Crippen LogP contribution in [0.4, 0.5) is 4.79 Å². The number of ether oxygens (including phenoxy) is 1. The number of aliphatic hydroxyl groups excluding tert-OH is 1. The lowest BCUT2D eigenvalue weighted by atomic mass is 10.2. The van der Waals surface area contributed by atoms with Gasteiger partial charge in [-0.3, -0.25) is 0 Å². The zero-order valence-electron chi connectivity index (χ0n) is 9.51. The first-order valence-corrected chi connectivity index (χ1v) is 5.29. The van der Waals surface area contributed by atoms with E-state index in [9.17, 15) is 4.79 Å². The van der Waals surface area contributed by atoms with Crippen LogP contribution in [0.15, 0.2) is 30.3 Å². The van der Waals surface area contributed by atoms with Crippen LogP contribution in [-0.2, 0) is 0 Å². The average Bonchev–Trinajstić information content (AvgIpc) is 2.17. The third kappa shape index (κ3) is 4.79. The van der Waals surface area contributed by atoms with Crippen molar-refractivity contribution in [2.45, 2.75) is 32.4 Å². The maximum absolute atomic E-state index is 11.4. The van der Waals surface area contributed by atoms with E-state index < -0.39 is 12.2 Å². The Labute approximate surface area is 95.2 Å². The van der Waals surface area contributed by atoms with Gasteiger partial charge in [-0.2, -0.15) is 0 Å². The lowest BCUT2D eigenvalue weighted by molar-refractivity contribution is 0.163. The molecule has 0 fully saturated rings. The van der Waals surface area contributed by atoms with Crippen molar-refractivity contribution in [2.24, 2.45) is 0 Å². The molecule has 0 saturated heterocycles. The molecule has 0 aliphatic rings. The van der Waals surface area contributed by atoms with Crippen LogP contribution < -0.4 is 10.1 Å². The highest BCUT2D eigenvalue weighted by atomic mass is 16.6. The largest absolute Gasteiger partial charge is 0.412 e. The average molecular weight is 223 g/mol. The maximum atomic E-state index is 11.4. The van der Waals surface area contributed by atoms with Gasteiger partial charge in [0.05, 0.1) is 6.10 Å². The zero-order chi connectivity index (χ0) is 12.0. The number of hydrogen-bond acceptors (Lipinski definition) is 3. The van der Waals surface area contributed by atoms with Crippen molar-refractivity contribution in [3.05, 3.63) is 30.3 Å². The number of carbonyl (C=O) groups excluding carboxylic acids is 1. The van der Waals surface area contributed by atoms with Crippen LogP contribution in [0.1, 0.15) is 20.3 Å². The first kappa shape index (κ1) is 12.5. The lowest BCUT2D eigenvalue weighted by Crippen LogP contribution is -2.36. The van der Waals surface area contributed by atoms with E-state index in [4.69, 9.17) is 9.84 Å². The van der Waals surface area contributed by atoms with Gasteiger partial charge in [-0.1, -0.05) is 18.2 Å². The monoisotopic (exact) mass is 223 g/mol. The normalized spacial score (nSPS) is 13.9. The number of rotatable bonds is 4. The summed E-state index contributed by atoms with van der Waals surface area (Å²) in [5, 5.41) is 11.8. The number of carbonyl (C=O) groups is 1. The quantitative estimate of drug-likeness (QED) is 0.820. The third-order valence-corrected chi connectivity index (χ3v) is 2.01. The van der Waals surface area contributed by atoms with E-state index in [1.807, 2.05) is 13.0 Å². The molecule has 1 aromatic rings. The highest BCUT2D eigenvalue weighted by Gasteiger charge is 2.10. The van der Waals surface area contributed by atoms with Gasteiger partial charge in [0.15, 0.2) is 0 Å². The highest BCUT2D eigenvalue weighted by Crippen LogP contribution is 2.08. The Morgan fingerprint density at radius 1 is 1.38 bits per heavy atom. The van der Waals surface area contributed by atoms with E-state index in [0.29, 0.717) is 12.2 Å². The number of nitrogens with one attached hydrogen (secondary N) is 1. The summed E-state index contributed by atoms with van der Waals surface area (Å²) in [6.45, 7) is 3.50. The molecule has 1 rings (SSSR count). The van der Waals surface area contributed by atoms with Crippen LogP contribution >= 0.6 is 0 Å². The van der Waals surface area contributed by atoms with Gasteiger partial charge >= 0.3 is 6.09 Å². The third-order valence-electron chi connectivity index (χ3n) is 2.01. The Morgan fingerprint density at radius 3 is 2.56 bits per heavy atom. The molecule has 4 nitrogen and oxygen atoms in total. The summed E-state index contributed by atoms with van der Waals surface area (Å²) in [5.74, 6) is 0.504. The van der Waals surface area contributed by atoms with Crippen molar-refractivity contribution in [3.8, 4) is 5.75 Å². The molecule has 0 aliphatic heterocycles. The second-order valence-electron chi connectivity index (χ2n) is 3.83. The Bertz CT molecular complexity index is 324. The minimum Gasteiger partial charge on any atom is -0.410 e. The second-order valence-corrected chi connectivity index (χ2v) is 3.83. The van der Waals surface area contributed by atoms with Crippen molar-refractivity contribution in [2.75, 3.05) is 0 Å². The molecule has 2 N–H and O–H groups in total. The van der Waals surface area contributed by atoms with E-state index in [-0.39, 0.29) is 6.04 Å². The van der Waals surface area contributed by atoms with Gasteiger partial charge < -0.3 is 15.2 Å². The highest BCUT2D eigenvalue weighted by molar-refractivity contribution is 5.70. The van der Waals surface area contributed by atoms with Crippen molar-refractivity contribution in [1.29, 1.82) is 0 Å². The van der Waals surface area contributed by atoms with Gasteiger partial charge in [0.2, 0.25) is 0 Å². The van der Waals surface area contributed by atoms with Gasteiger partial charge in [0.1, 0.15) is 5.75 Å². The molecular weight excluding hydrogens is 206 g/mol. The van der Waals surface area contributed by atoms with Crippen LogP contribution in [0, 0.1) is 0 Å². The predicted octanol–water partition coefficient (Wildman–Crippen LogP) is 1.93. The van der Waals surface area contributed by atoms with Gasteiger partial charge in [-0.25, -0.2) is 4.79 Å². The van der Waals surface area contributed by atoms with E-state index in [1.54, 1.807) is 31.2 Å². The van der Waals surface area contributed by atoms with Crippen LogP contribution in [0.5, 0.6) is 5.75 Å². The molecule has 88 valence electrons. The molecule has 0 aliphatic carbocycles. The summed E-state index contributed by atoms with van der Waals surface area (Å²) in [7, 11) is 0. The van der Waals surface area contributed by atoms with E-state index in [2.05, 4.69) is 5.32 Å². The number of amides is 1.